The molecule has 0 aliphatic heterocycles. The molecule has 2 rings (SSSR count). The third-order valence-electron chi connectivity index (χ3n) is 3.14. The molecule has 5 heteroatoms. The van der Waals surface area contributed by atoms with Gasteiger partial charge < -0.3 is 5.32 Å². The quantitative estimate of drug-likeness (QED) is 0.340. The maximum absolute atomic E-state index is 5.93. The minimum absolute atomic E-state index is 0.499. The van der Waals surface area contributed by atoms with Crippen molar-refractivity contribution >= 4 is 17.6 Å². The summed E-state index contributed by atoms with van der Waals surface area (Å²) in [6, 6.07) is 8.19. The van der Waals surface area contributed by atoms with Crippen molar-refractivity contribution in [3.8, 4) is 0 Å². The molecule has 4 nitrogen and oxygen atoms in total. The van der Waals surface area contributed by atoms with Gasteiger partial charge in [0.1, 0.15) is 0 Å². The van der Waals surface area contributed by atoms with Crippen LogP contribution in [0.2, 0.25) is 5.02 Å². The van der Waals surface area contributed by atoms with E-state index in [-0.39, 0.29) is 0 Å². The second-order valence-corrected chi connectivity index (χ2v) is 5.00. The molecule has 18 heavy (non-hydrogen) atoms. The average molecular weight is 267 g/mol. The van der Waals surface area contributed by atoms with Crippen molar-refractivity contribution in [1.82, 2.24) is 10.7 Å². The Hall–Kier alpha value is -1.26. The summed E-state index contributed by atoms with van der Waals surface area (Å²) < 4.78 is 0. The highest BCUT2D eigenvalue weighted by atomic mass is 35.5. The molecule has 0 amide bonds. The molecular weight excluding hydrogens is 248 g/mol. The molecule has 0 heterocycles. The molecule has 1 aliphatic rings. The van der Waals surface area contributed by atoms with Crippen LogP contribution >= 0.6 is 11.6 Å². The smallest absolute Gasteiger partial charge is 0.206 e. The van der Waals surface area contributed by atoms with Gasteiger partial charge in [0.25, 0.3) is 0 Å². The molecule has 0 radical (unpaired) electrons. The first-order chi connectivity index (χ1) is 8.78. The summed E-state index contributed by atoms with van der Waals surface area (Å²) in [4.78, 5) is 4.43. The van der Waals surface area contributed by atoms with Crippen LogP contribution in [-0.4, -0.2) is 12.0 Å². The largest absolute Gasteiger partial charge is 0.353 e. The number of hydrogen-bond donors (Lipinski definition) is 3. The number of hydrogen-bond acceptors (Lipinski definition) is 2. The molecule has 1 aliphatic carbocycles. The van der Waals surface area contributed by atoms with Gasteiger partial charge >= 0.3 is 0 Å². The molecule has 98 valence electrons. The summed E-state index contributed by atoms with van der Waals surface area (Å²) in [5, 5.41) is 4.06. The lowest BCUT2D eigenvalue weighted by atomic mass is 10.2. The first-order valence-electron chi connectivity index (χ1n) is 6.30. The molecule has 0 saturated heterocycles. The number of benzene rings is 1. The Morgan fingerprint density at radius 2 is 2.17 bits per heavy atom. The van der Waals surface area contributed by atoms with E-state index >= 15 is 0 Å². The molecule has 0 bridgehead atoms. The van der Waals surface area contributed by atoms with E-state index in [2.05, 4.69) is 15.7 Å². The number of rotatable bonds is 3. The molecule has 0 unspecified atom stereocenters. The van der Waals surface area contributed by atoms with Gasteiger partial charge in [-0.25, -0.2) is 10.8 Å². The monoisotopic (exact) mass is 266 g/mol. The normalized spacial score (nSPS) is 16.9. The molecule has 1 aromatic rings. The van der Waals surface area contributed by atoms with E-state index in [1.807, 2.05) is 24.3 Å². The fourth-order valence-electron chi connectivity index (χ4n) is 2.20. The van der Waals surface area contributed by atoms with Crippen molar-refractivity contribution in [1.29, 1.82) is 0 Å². The van der Waals surface area contributed by atoms with Crippen molar-refractivity contribution in [3.05, 3.63) is 34.9 Å². The van der Waals surface area contributed by atoms with Crippen LogP contribution in [0, 0.1) is 0 Å². The summed E-state index contributed by atoms with van der Waals surface area (Å²) in [6.45, 7) is 0.569. The Morgan fingerprint density at radius 3 is 2.83 bits per heavy atom. The van der Waals surface area contributed by atoms with Gasteiger partial charge in [-0.2, -0.15) is 0 Å². The molecule has 0 aromatic heterocycles. The van der Waals surface area contributed by atoms with Crippen LogP contribution in [0.3, 0.4) is 0 Å². The maximum atomic E-state index is 5.93. The van der Waals surface area contributed by atoms with Gasteiger partial charge in [-0.15, -0.1) is 0 Å². The Balaban J connectivity index is 1.92. The summed E-state index contributed by atoms with van der Waals surface area (Å²) in [5.74, 6) is 6.13. The van der Waals surface area contributed by atoms with Crippen LogP contribution in [0.4, 0.5) is 0 Å². The van der Waals surface area contributed by atoms with E-state index in [0.717, 1.165) is 10.6 Å². The van der Waals surface area contributed by atoms with Crippen molar-refractivity contribution in [3.63, 3.8) is 0 Å². The topological polar surface area (TPSA) is 62.4 Å². The fourth-order valence-corrected chi connectivity index (χ4v) is 2.42. The first-order valence-corrected chi connectivity index (χ1v) is 6.68. The third kappa shape index (κ3) is 3.89. The number of aliphatic imine (C=N–C) groups is 1. The summed E-state index contributed by atoms with van der Waals surface area (Å²) in [5.41, 5.74) is 3.69. The Kier molecular flexibility index (Phi) is 4.84. The van der Waals surface area contributed by atoms with E-state index < -0.39 is 0 Å². The van der Waals surface area contributed by atoms with Gasteiger partial charge in [-0.1, -0.05) is 36.6 Å². The van der Waals surface area contributed by atoms with Gasteiger partial charge in [-0.05, 0) is 30.5 Å². The third-order valence-corrected chi connectivity index (χ3v) is 3.38. The van der Waals surface area contributed by atoms with Gasteiger partial charge in [0.15, 0.2) is 0 Å². The summed E-state index contributed by atoms with van der Waals surface area (Å²) in [6.07, 6.45) is 4.95. The summed E-state index contributed by atoms with van der Waals surface area (Å²) in [7, 11) is 0. The van der Waals surface area contributed by atoms with Crippen LogP contribution < -0.4 is 16.6 Å². The summed E-state index contributed by atoms with van der Waals surface area (Å²) >= 11 is 5.93. The molecule has 1 fully saturated rings. The van der Waals surface area contributed by atoms with E-state index in [9.17, 15) is 0 Å². The van der Waals surface area contributed by atoms with E-state index in [0.29, 0.717) is 18.5 Å². The number of nitrogens with one attached hydrogen (secondary N) is 2. The van der Waals surface area contributed by atoms with Crippen LogP contribution in [0.25, 0.3) is 0 Å². The van der Waals surface area contributed by atoms with Crippen molar-refractivity contribution in [2.75, 3.05) is 0 Å². The van der Waals surface area contributed by atoms with Crippen molar-refractivity contribution < 1.29 is 0 Å². The number of nitrogens with zero attached hydrogens (tertiary/aromatic N) is 1. The fraction of sp³-hybridized carbons (Fsp3) is 0.462. The Bertz CT molecular complexity index is 413. The van der Waals surface area contributed by atoms with E-state index in [1.165, 1.54) is 25.7 Å². The first kappa shape index (κ1) is 13.2. The van der Waals surface area contributed by atoms with Crippen molar-refractivity contribution in [2.45, 2.75) is 38.3 Å². The van der Waals surface area contributed by atoms with Crippen molar-refractivity contribution in [2.24, 2.45) is 10.8 Å². The minimum atomic E-state index is 0.499. The molecule has 0 atom stereocenters. The zero-order chi connectivity index (χ0) is 12.8. The predicted molar refractivity (Wildman–Crippen MR) is 75.3 cm³/mol. The lowest BCUT2D eigenvalue weighted by Gasteiger charge is -2.14. The standard InChI is InChI=1S/C13H19ClN4/c14-11-5-3-4-10(8-11)9-16-13(18-15)17-12-6-1-2-7-12/h3-5,8,12H,1-2,6-7,9,15H2,(H2,16,17,18). The van der Waals surface area contributed by atoms with Crippen LogP contribution in [0.15, 0.2) is 29.3 Å². The van der Waals surface area contributed by atoms with Gasteiger partial charge in [-0.3, -0.25) is 5.43 Å². The SMILES string of the molecule is NNC(=NCc1cccc(Cl)c1)NC1CCCC1. The minimum Gasteiger partial charge on any atom is -0.353 e. The Labute approximate surface area is 113 Å². The number of halogens is 1. The number of nitrogens with two attached hydrogens (primary N) is 1. The van der Waals surface area contributed by atoms with E-state index in [4.69, 9.17) is 17.4 Å². The van der Waals surface area contributed by atoms with Gasteiger partial charge in [0, 0.05) is 11.1 Å². The maximum Gasteiger partial charge on any atom is 0.206 e. The second-order valence-electron chi connectivity index (χ2n) is 4.56. The molecule has 1 saturated carbocycles. The van der Waals surface area contributed by atoms with Crippen LogP contribution in [0.5, 0.6) is 0 Å². The van der Waals surface area contributed by atoms with Crippen LogP contribution in [-0.2, 0) is 6.54 Å². The zero-order valence-corrected chi connectivity index (χ0v) is 11.1. The highest BCUT2D eigenvalue weighted by Crippen LogP contribution is 2.17. The second kappa shape index (κ2) is 6.61. The highest BCUT2D eigenvalue weighted by Gasteiger charge is 2.15. The number of hydrazine groups is 1. The average Bonchev–Trinajstić information content (AvgIpc) is 2.87. The van der Waals surface area contributed by atoms with Gasteiger partial charge in [0.2, 0.25) is 5.96 Å². The zero-order valence-electron chi connectivity index (χ0n) is 10.3. The molecule has 0 spiro atoms. The predicted octanol–water partition coefficient (Wildman–Crippen LogP) is 2.19. The van der Waals surface area contributed by atoms with Crippen LogP contribution in [0.1, 0.15) is 31.2 Å². The molecule has 4 N–H and O–H groups in total. The highest BCUT2D eigenvalue weighted by molar-refractivity contribution is 6.30. The van der Waals surface area contributed by atoms with E-state index in [1.54, 1.807) is 0 Å². The lowest BCUT2D eigenvalue weighted by molar-refractivity contribution is 0.614. The molecule has 1 aromatic carbocycles. The molecular formula is C13H19ClN4. The number of guanidine groups is 1. The Morgan fingerprint density at radius 1 is 1.39 bits per heavy atom. The lowest BCUT2D eigenvalue weighted by Crippen LogP contribution is -2.45. The van der Waals surface area contributed by atoms with Gasteiger partial charge in [0.05, 0.1) is 6.54 Å².